The van der Waals surface area contributed by atoms with Gasteiger partial charge in [0.2, 0.25) is 0 Å². The van der Waals surface area contributed by atoms with E-state index in [9.17, 15) is 5.21 Å². The molecule has 1 aromatic carbocycles. The molecule has 1 heterocycles. The van der Waals surface area contributed by atoms with Crippen molar-refractivity contribution in [1.29, 1.82) is 0 Å². The molecule has 0 radical (unpaired) electrons. The number of nitrogens with zero attached hydrogens (tertiary/aromatic N) is 1. The van der Waals surface area contributed by atoms with E-state index in [2.05, 4.69) is 0 Å². The van der Waals surface area contributed by atoms with Crippen LogP contribution in [0.5, 0.6) is 5.75 Å². The SMILES string of the molecule is COc1ccc(-c2cc[n+]([O-])cc2)cc1. The Balaban J connectivity index is 2.33. The first kappa shape index (κ1) is 9.52. The van der Waals surface area contributed by atoms with Gasteiger partial charge in [0.05, 0.1) is 7.11 Å². The van der Waals surface area contributed by atoms with Crippen molar-refractivity contribution in [3.05, 3.63) is 54.0 Å². The summed E-state index contributed by atoms with van der Waals surface area (Å²) in [7, 11) is 1.64. The van der Waals surface area contributed by atoms with Crippen LogP contribution in [0.25, 0.3) is 11.1 Å². The Morgan fingerprint density at radius 2 is 1.47 bits per heavy atom. The quantitative estimate of drug-likeness (QED) is 0.550. The topological polar surface area (TPSA) is 36.2 Å². The molecule has 0 aliphatic carbocycles. The molecule has 0 aliphatic rings. The van der Waals surface area contributed by atoms with Crippen LogP contribution in [0.3, 0.4) is 0 Å². The number of pyridine rings is 1. The van der Waals surface area contributed by atoms with E-state index >= 15 is 0 Å². The van der Waals surface area contributed by atoms with E-state index in [-0.39, 0.29) is 0 Å². The molecule has 0 amide bonds. The van der Waals surface area contributed by atoms with Crippen LogP contribution in [-0.2, 0) is 0 Å². The lowest BCUT2D eigenvalue weighted by Crippen LogP contribution is -2.23. The van der Waals surface area contributed by atoms with Crippen LogP contribution >= 0.6 is 0 Å². The second-order valence-corrected chi connectivity index (χ2v) is 3.18. The summed E-state index contributed by atoms with van der Waals surface area (Å²) in [5, 5.41) is 10.9. The van der Waals surface area contributed by atoms with Crippen LogP contribution in [0.2, 0.25) is 0 Å². The van der Waals surface area contributed by atoms with Crippen molar-refractivity contribution >= 4 is 0 Å². The van der Waals surface area contributed by atoms with Crippen LogP contribution in [0.1, 0.15) is 0 Å². The molecular formula is C12H11NO2. The number of hydrogen-bond acceptors (Lipinski definition) is 2. The van der Waals surface area contributed by atoms with Crippen LogP contribution in [0.15, 0.2) is 48.8 Å². The van der Waals surface area contributed by atoms with Gasteiger partial charge in [0.1, 0.15) is 5.75 Å². The van der Waals surface area contributed by atoms with Gasteiger partial charge in [0.25, 0.3) is 0 Å². The van der Waals surface area contributed by atoms with Gasteiger partial charge in [-0.15, -0.1) is 0 Å². The van der Waals surface area contributed by atoms with Crippen LogP contribution in [0.4, 0.5) is 0 Å². The number of hydrogen-bond donors (Lipinski definition) is 0. The van der Waals surface area contributed by atoms with Crippen molar-refractivity contribution in [2.24, 2.45) is 0 Å². The molecule has 3 heteroatoms. The van der Waals surface area contributed by atoms with Crippen LogP contribution in [0, 0.1) is 5.21 Å². The first-order valence-electron chi connectivity index (χ1n) is 4.63. The number of benzene rings is 1. The highest BCUT2D eigenvalue weighted by Gasteiger charge is 1.99. The highest BCUT2D eigenvalue weighted by atomic mass is 16.5. The van der Waals surface area contributed by atoms with E-state index in [1.165, 1.54) is 12.4 Å². The summed E-state index contributed by atoms with van der Waals surface area (Å²) in [6.07, 6.45) is 2.97. The van der Waals surface area contributed by atoms with Gasteiger partial charge >= 0.3 is 0 Å². The lowest BCUT2D eigenvalue weighted by molar-refractivity contribution is -0.605. The minimum atomic E-state index is 0.771. The average Bonchev–Trinajstić information content (AvgIpc) is 2.30. The standard InChI is InChI=1S/C12H11NO2/c1-15-12-4-2-10(3-5-12)11-6-8-13(14)9-7-11/h2-9H,1H3. The predicted octanol–water partition coefficient (Wildman–Crippen LogP) is 2.00. The first-order valence-corrected chi connectivity index (χ1v) is 4.63. The third-order valence-corrected chi connectivity index (χ3v) is 2.23. The number of ether oxygens (including phenoxy) is 1. The second kappa shape index (κ2) is 4.00. The fourth-order valence-corrected chi connectivity index (χ4v) is 1.39. The maximum Gasteiger partial charge on any atom is 0.180 e. The highest BCUT2D eigenvalue weighted by Crippen LogP contribution is 2.20. The van der Waals surface area contributed by atoms with Gasteiger partial charge in [-0.05, 0) is 23.3 Å². The minimum absolute atomic E-state index is 0.771. The zero-order chi connectivity index (χ0) is 10.7. The van der Waals surface area contributed by atoms with E-state index in [1.54, 1.807) is 19.2 Å². The summed E-state index contributed by atoms with van der Waals surface area (Å²) in [5.74, 6) is 0.827. The average molecular weight is 201 g/mol. The normalized spacial score (nSPS) is 9.93. The number of rotatable bonds is 2. The lowest BCUT2D eigenvalue weighted by atomic mass is 10.1. The van der Waals surface area contributed by atoms with E-state index < -0.39 is 0 Å². The minimum Gasteiger partial charge on any atom is -0.619 e. The summed E-state index contributed by atoms with van der Waals surface area (Å²) in [5.41, 5.74) is 2.08. The van der Waals surface area contributed by atoms with Gasteiger partial charge in [0.15, 0.2) is 12.4 Å². The first-order chi connectivity index (χ1) is 7.29. The Bertz CT molecular complexity index is 434. The molecule has 3 nitrogen and oxygen atoms in total. The lowest BCUT2D eigenvalue weighted by Gasteiger charge is -2.03. The van der Waals surface area contributed by atoms with E-state index in [4.69, 9.17) is 4.74 Å². The zero-order valence-corrected chi connectivity index (χ0v) is 8.38. The monoisotopic (exact) mass is 201 g/mol. The summed E-state index contributed by atoms with van der Waals surface area (Å²) in [4.78, 5) is 0. The Morgan fingerprint density at radius 1 is 0.933 bits per heavy atom. The number of methoxy groups -OCH3 is 1. The third kappa shape index (κ3) is 2.07. The smallest absolute Gasteiger partial charge is 0.180 e. The molecule has 76 valence electrons. The van der Waals surface area contributed by atoms with Gasteiger partial charge in [0, 0.05) is 12.1 Å². The second-order valence-electron chi connectivity index (χ2n) is 3.18. The van der Waals surface area contributed by atoms with Crippen molar-refractivity contribution in [2.45, 2.75) is 0 Å². The summed E-state index contributed by atoms with van der Waals surface area (Å²) in [6, 6.07) is 11.3. The Morgan fingerprint density at radius 3 is 2.00 bits per heavy atom. The van der Waals surface area contributed by atoms with Crippen molar-refractivity contribution in [1.82, 2.24) is 0 Å². The Kier molecular flexibility index (Phi) is 2.54. The van der Waals surface area contributed by atoms with Gasteiger partial charge in [-0.2, -0.15) is 4.73 Å². The molecular weight excluding hydrogens is 190 g/mol. The Labute approximate surface area is 88.1 Å². The highest BCUT2D eigenvalue weighted by molar-refractivity contribution is 5.63. The summed E-state index contributed by atoms with van der Waals surface area (Å²) < 4.78 is 5.84. The van der Waals surface area contributed by atoms with E-state index in [0.717, 1.165) is 21.6 Å². The van der Waals surface area contributed by atoms with Crippen molar-refractivity contribution < 1.29 is 9.47 Å². The largest absolute Gasteiger partial charge is 0.619 e. The molecule has 0 atom stereocenters. The van der Waals surface area contributed by atoms with Crippen LogP contribution in [-0.4, -0.2) is 7.11 Å². The van der Waals surface area contributed by atoms with E-state index in [0.29, 0.717) is 0 Å². The van der Waals surface area contributed by atoms with Crippen molar-refractivity contribution in [2.75, 3.05) is 7.11 Å². The molecule has 15 heavy (non-hydrogen) atoms. The molecule has 0 unspecified atom stereocenters. The fraction of sp³-hybridized carbons (Fsp3) is 0.0833. The van der Waals surface area contributed by atoms with Gasteiger partial charge in [-0.3, -0.25) is 0 Å². The summed E-state index contributed by atoms with van der Waals surface area (Å²) >= 11 is 0. The zero-order valence-electron chi connectivity index (χ0n) is 8.38. The molecule has 0 bridgehead atoms. The van der Waals surface area contributed by atoms with Crippen molar-refractivity contribution in [3.63, 3.8) is 0 Å². The molecule has 1 aromatic heterocycles. The van der Waals surface area contributed by atoms with Crippen molar-refractivity contribution in [3.8, 4) is 16.9 Å². The predicted molar refractivity (Wildman–Crippen MR) is 57.4 cm³/mol. The molecule has 0 saturated carbocycles. The molecule has 0 aliphatic heterocycles. The maximum atomic E-state index is 10.9. The molecule has 2 rings (SSSR count). The van der Waals surface area contributed by atoms with E-state index in [1.807, 2.05) is 24.3 Å². The van der Waals surface area contributed by atoms with Gasteiger partial charge < -0.3 is 9.94 Å². The molecule has 2 aromatic rings. The number of aromatic nitrogens is 1. The molecule has 0 saturated heterocycles. The molecule has 0 fully saturated rings. The van der Waals surface area contributed by atoms with Gasteiger partial charge in [-0.1, -0.05) is 12.1 Å². The fourth-order valence-electron chi connectivity index (χ4n) is 1.39. The molecule has 0 spiro atoms. The van der Waals surface area contributed by atoms with Crippen LogP contribution < -0.4 is 9.47 Å². The summed E-state index contributed by atoms with van der Waals surface area (Å²) in [6.45, 7) is 0. The van der Waals surface area contributed by atoms with Gasteiger partial charge in [-0.25, -0.2) is 0 Å². The molecule has 0 N–H and O–H groups in total. The third-order valence-electron chi connectivity index (χ3n) is 2.23. The Hall–Kier alpha value is -2.03. The maximum absolute atomic E-state index is 10.9.